The van der Waals surface area contributed by atoms with Gasteiger partial charge >= 0.3 is 0 Å². The Kier molecular flexibility index (Phi) is 4.04. The average molecular weight is 250 g/mol. The molecular weight excluding hydrogens is 232 g/mol. The van der Waals surface area contributed by atoms with Crippen molar-refractivity contribution in [2.24, 2.45) is 0 Å². The largest absolute Gasteiger partial charge is 0.493 e. The van der Waals surface area contributed by atoms with Crippen molar-refractivity contribution in [3.05, 3.63) is 23.8 Å². The van der Waals surface area contributed by atoms with Crippen molar-refractivity contribution in [1.82, 2.24) is 10.6 Å². The van der Waals surface area contributed by atoms with E-state index in [2.05, 4.69) is 10.6 Å². The molecule has 2 rings (SSSR count). The Morgan fingerprint density at radius 3 is 2.72 bits per heavy atom. The zero-order chi connectivity index (χ0) is 13.0. The first-order chi connectivity index (χ1) is 8.72. The third-order valence-corrected chi connectivity index (χ3v) is 3.02. The lowest BCUT2D eigenvalue weighted by atomic mass is 10.1. The number of carbonyl (C=O) groups excluding carboxylic acids is 1. The molecule has 1 aliphatic heterocycles. The van der Waals surface area contributed by atoms with Gasteiger partial charge in [-0.15, -0.1) is 0 Å². The van der Waals surface area contributed by atoms with E-state index in [-0.39, 0.29) is 11.9 Å². The highest BCUT2D eigenvalue weighted by Gasteiger charge is 2.20. The van der Waals surface area contributed by atoms with E-state index in [4.69, 9.17) is 9.47 Å². The van der Waals surface area contributed by atoms with Gasteiger partial charge in [-0.2, -0.15) is 0 Å². The van der Waals surface area contributed by atoms with E-state index in [9.17, 15) is 4.79 Å². The zero-order valence-electron chi connectivity index (χ0n) is 10.7. The number of ether oxygens (including phenoxy) is 2. The maximum atomic E-state index is 11.1. The molecule has 18 heavy (non-hydrogen) atoms. The van der Waals surface area contributed by atoms with E-state index < -0.39 is 0 Å². The van der Waals surface area contributed by atoms with Crippen LogP contribution in [-0.4, -0.2) is 32.7 Å². The summed E-state index contributed by atoms with van der Waals surface area (Å²) in [6, 6.07) is 6.02. The minimum atomic E-state index is 0.111. The molecule has 0 bridgehead atoms. The van der Waals surface area contributed by atoms with Crippen molar-refractivity contribution in [3.63, 3.8) is 0 Å². The summed E-state index contributed by atoms with van der Waals surface area (Å²) in [7, 11) is 3.24. The van der Waals surface area contributed by atoms with Crippen LogP contribution in [0.25, 0.3) is 0 Å². The summed E-state index contributed by atoms with van der Waals surface area (Å²) < 4.78 is 10.4. The van der Waals surface area contributed by atoms with Gasteiger partial charge in [0.1, 0.15) is 0 Å². The number of nitrogens with one attached hydrogen (secondary N) is 2. The van der Waals surface area contributed by atoms with Crippen LogP contribution in [0.1, 0.15) is 12.0 Å². The lowest BCUT2D eigenvalue weighted by Gasteiger charge is -2.12. The summed E-state index contributed by atoms with van der Waals surface area (Å²) in [5.74, 6) is 1.55. The number of benzene rings is 1. The van der Waals surface area contributed by atoms with Crippen molar-refractivity contribution in [3.8, 4) is 11.5 Å². The first-order valence-corrected chi connectivity index (χ1v) is 5.94. The zero-order valence-corrected chi connectivity index (χ0v) is 10.7. The normalized spacial score (nSPS) is 18.6. The van der Waals surface area contributed by atoms with Gasteiger partial charge < -0.3 is 20.1 Å². The summed E-state index contributed by atoms with van der Waals surface area (Å²) in [5.41, 5.74) is 1.10. The van der Waals surface area contributed by atoms with Crippen LogP contribution in [0.5, 0.6) is 11.5 Å². The van der Waals surface area contributed by atoms with Crippen LogP contribution in [0, 0.1) is 0 Å². The Labute approximate surface area is 106 Å². The standard InChI is InChI=1S/C13H18N2O3/c1-17-11-4-3-9(5-12(11)18-2)7-14-10-6-13(16)15-8-10/h3-5,10,14H,6-8H2,1-2H3,(H,15,16). The fourth-order valence-corrected chi connectivity index (χ4v) is 2.00. The van der Waals surface area contributed by atoms with Gasteiger partial charge in [0.05, 0.1) is 14.2 Å². The third kappa shape index (κ3) is 2.92. The molecule has 1 unspecified atom stereocenters. The van der Waals surface area contributed by atoms with Crippen LogP contribution >= 0.6 is 0 Å². The van der Waals surface area contributed by atoms with Crippen LogP contribution in [0.2, 0.25) is 0 Å². The first-order valence-electron chi connectivity index (χ1n) is 5.94. The number of hydrogen-bond donors (Lipinski definition) is 2. The monoisotopic (exact) mass is 250 g/mol. The molecule has 1 atom stereocenters. The fraction of sp³-hybridized carbons (Fsp3) is 0.462. The van der Waals surface area contributed by atoms with E-state index in [1.165, 1.54) is 0 Å². The summed E-state index contributed by atoms with van der Waals surface area (Å²) in [6.07, 6.45) is 0.549. The highest BCUT2D eigenvalue weighted by Crippen LogP contribution is 2.27. The number of rotatable bonds is 5. The molecule has 5 nitrogen and oxygen atoms in total. The predicted octanol–water partition coefficient (Wildman–Crippen LogP) is 0.682. The number of carbonyl (C=O) groups is 1. The second-order valence-electron chi connectivity index (χ2n) is 4.28. The maximum absolute atomic E-state index is 11.1. The van der Waals surface area contributed by atoms with Crippen molar-refractivity contribution in [1.29, 1.82) is 0 Å². The first kappa shape index (κ1) is 12.7. The summed E-state index contributed by atoms with van der Waals surface area (Å²) in [6.45, 7) is 1.41. The molecule has 5 heteroatoms. The summed E-state index contributed by atoms with van der Waals surface area (Å²) in [5, 5.41) is 6.14. The highest BCUT2D eigenvalue weighted by molar-refractivity contribution is 5.78. The second-order valence-corrected chi connectivity index (χ2v) is 4.28. The molecule has 1 amide bonds. The SMILES string of the molecule is COc1ccc(CNC2CNC(=O)C2)cc1OC. The van der Waals surface area contributed by atoms with E-state index in [0.717, 1.165) is 17.1 Å². The molecular formula is C13H18N2O3. The Morgan fingerprint density at radius 1 is 1.33 bits per heavy atom. The van der Waals surface area contributed by atoms with Gasteiger partial charge in [-0.05, 0) is 17.7 Å². The van der Waals surface area contributed by atoms with Gasteiger partial charge in [-0.3, -0.25) is 4.79 Å². The third-order valence-electron chi connectivity index (χ3n) is 3.02. The molecule has 1 saturated heterocycles. The van der Waals surface area contributed by atoms with Gasteiger partial charge in [-0.1, -0.05) is 6.07 Å². The number of methoxy groups -OCH3 is 2. The molecule has 1 aliphatic rings. The number of hydrogen-bond acceptors (Lipinski definition) is 4. The minimum Gasteiger partial charge on any atom is -0.493 e. The molecule has 2 N–H and O–H groups in total. The molecule has 0 aliphatic carbocycles. The van der Waals surface area contributed by atoms with E-state index in [0.29, 0.717) is 19.5 Å². The molecule has 0 spiro atoms. The van der Waals surface area contributed by atoms with Crippen LogP contribution in [0.3, 0.4) is 0 Å². The topological polar surface area (TPSA) is 59.6 Å². The van der Waals surface area contributed by atoms with Gasteiger partial charge in [0.25, 0.3) is 0 Å². The lowest BCUT2D eigenvalue weighted by Crippen LogP contribution is -2.30. The maximum Gasteiger partial charge on any atom is 0.221 e. The quantitative estimate of drug-likeness (QED) is 0.807. The molecule has 0 radical (unpaired) electrons. The van der Waals surface area contributed by atoms with Crippen molar-refractivity contribution >= 4 is 5.91 Å². The summed E-state index contributed by atoms with van der Waals surface area (Å²) in [4.78, 5) is 11.1. The van der Waals surface area contributed by atoms with Gasteiger partial charge in [0.15, 0.2) is 11.5 Å². The lowest BCUT2D eigenvalue weighted by molar-refractivity contribution is -0.119. The van der Waals surface area contributed by atoms with Crippen molar-refractivity contribution in [2.75, 3.05) is 20.8 Å². The van der Waals surface area contributed by atoms with Crippen molar-refractivity contribution in [2.45, 2.75) is 19.0 Å². The Hall–Kier alpha value is -1.75. The Balaban J connectivity index is 1.95. The fourth-order valence-electron chi connectivity index (χ4n) is 2.00. The van der Waals surface area contributed by atoms with E-state index in [1.807, 2.05) is 18.2 Å². The molecule has 0 aromatic heterocycles. The molecule has 0 saturated carbocycles. The van der Waals surface area contributed by atoms with Gasteiger partial charge in [0.2, 0.25) is 5.91 Å². The summed E-state index contributed by atoms with van der Waals surface area (Å²) >= 11 is 0. The smallest absolute Gasteiger partial charge is 0.221 e. The molecule has 98 valence electrons. The second kappa shape index (κ2) is 5.73. The van der Waals surface area contributed by atoms with Crippen LogP contribution < -0.4 is 20.1 Å². The highest BCUT2D eigenvalue weighted by atomic mass is 16.5. The minimum absolute atomic E-state index is 0.111. The Bertz CT molecular complexity index is 434. The van der Waals surface area contributed by atoms with Gasteiger partial charge in [0, 0.05) is 25.6 Å². The predicted molar refractivity (Wildman–Crippen MR) is 67.8 cm³/mol. The van der Waals surface area contributed by atoms with E-state index in [1.54, 1.807) is 14.2 Å². The molecule has 1 aromatic rings. The molecule has 1 aromatic carbocycles. The average Bonchev–Trinajstić information content (AvgIpc) is 2.81. The number of amides is 1. The van der Waals surface area contributed by atoms with Crippen LogP contribution in [0.15, 0.2) is 18.2 Å². The van der Waals surface area contributed by atoms with Crippen LogP contribution in [-0.2, 0) is 11.3 Å². The van der Waals surface area contributed by atoms with Crippen LogP contribution in [0.4, 0.5) is 0 Å². The Morgan fingerprint density at radius 2 is 2.11 bits per heavy atom. The van der Waals surface area contributed by atoms with E-state index >= 15 is 0 Å². The van der Waals surface area contributed by atoms with Crippen molar-refractivity contribution < 1.29 is 14.3 Å². The molecule has 1 fully saturated rings. The van der Waals surface area contributed by atoms with Gasteiger partial charge in [-0.25, -0.2) is 0 Å². The molecule has 1 heterocycles.